The Morgan fingerprint density at radius 2 is 2.32 bits per heavy atom. The van der Waals surface area contributed by atoms with E-state index in [1.165, 1.54) is 7.11 Å². The number of nitrogen functional groups attached to an aromatic ring is 1. The molecule has 0 saturated carbocycles. The number of ether oxygens (including phenoxy) is 1. The summed E-state index contributed by atoms with van der Waals surface area (Å²) in [5.74, 6) is 0.330. The predicted molar refractivity (Wildman–Crippen MR) is 69.0 cm³/mol. The summed E-state index contributed by atoms with van der Waals surface area (Å²) in [6, 6.07) is 4.92. The first-order chi connectivity index (χ1) is 9.10. The molecule has 100 valence electrons. The lowest BCUT2D eigenvalue weighted by molar-refractivity contribution is -0.115. The number of rotatable bonds is 4. The van der Waals surface area contributed by atoms with Crippen LogP contribution in [-0.4, -0.2) is 23.3 Å². The average Bonchev–Trinajstić information content (AvgIpc) is 2.75. The van der Waals surface area contributed by atoms with Crippen LogP contribution in [0.2, 0.25) is 5.02 Å². The molecule has 0 unspecified atom stereocenters. The van der Waals surface area contributed by atoms with Gasteiger partial charge in [0.1, 0.15) is 11.4 Å². The first kappa shape index (κ1) is 13.2. The van der Waals surface area contributed by atoms with Gasteiger partial charge in [-0.05, 0) is 23.4 Å². The van der Waals surface area contributed by atoms with Gasteiger partial charge >= 0.3 is 0 Å². The maximum Gasteiger partial charge on any atom is 0.230 e. The van der Waals surface area contributed by atoms with Gasteiger partial charge in [0, 0.05) is 5.69 Å². The summed E-state index contributed by atoms with van der Waals surface area (Å²) in [6.45, 7) is 0. The van der Waals surface area contributed by atoms with Crippen molar-refractivity contribution in [3.63, 3.8) is 0 Å². The Hall–Kier alpha value is -2.28. The van der Waals surface area contributed by atoms with Gasteiger partial charge in [-0.25, -0.2) is 4.63 Å². The van der Waals surface area contributed by atoms with Crippen LogP contribution >= 0.6 is 11.6 Å². The van der Waals surface area contributed by atoms with E-state index in [1.54, 1.807) is 18.2 Å². The highest BCUT2D eigenvalue weighted by Crippen LogP contribution is 2.27. The molecule has 3 N–H and O–H groups in total. The minimum absolute atomic E-state index is 0.0288. The van der Waals surface area contributed by atoms with Crippen LogP contribution in [0.15, 0.2) is 22.8 Å². The van der Waals surface area contributed by atoms with E-state index in [0.717, 1.165) is 0 Å². The van der Waals surface area contributed by atoms with Gasteiger partial charge in [0.25, 0.3) is 0 Å². The highest BCUT2D eigenvalue weighted by molar-refractivity contribution is 6.32. The number of carbonyl (C=O) groups is 1. The van der Waals surface area contributed by atoms with Crippen molar-refractivity contribution in [1.82, 2.24) is 10.3 Å². The summed E-state index contributed by atoms with van der Waals surface area (Å²) in [7, 11) is 1.51. The topological polar surface area (TPSA) is 103 Å². The number of aromatic nitrogens is 2. The van der Waals surface area contributed by atoms with Crippen molar-refractivity contribution in [2.75, 3.05) is 18.2 Å². The third-order valence-electron chi connectivity index (χ3n) is 2.35. The molecule has 0 radical (unpaired) electrons. The molecule has 7 nitrogen and oxygen atoms in total. The zero-order valence-corrected chi connectivity index (χ0v) is 10.8. The van der Waals surface area contributed by atoms with Crippen LogP contribution in [0.25, 0.3) is 0 Å². The molecule has 0 aliphatic carbocycles. The van der Waals surface area contributed by atoms with E-state index in [9.17, 15) is 4.79 Å². The minimum Gasteiger partial charge on any atom is -0.495 e. The number of anilines is 2. The number of nitrogens with one attached hydrogen (secondary N) is 1. The first-order valence-corrected chi connectivity index (χ1v) is 5.68. The number of benzene rings is 1. The van der Waals surface area contributed by atoms with Gasteiger partial charge in [-0.1, -0.05) is 16.8 Å². The summed E-state index contributed by atoms with van der Waals surface area (Å²) in [6.07, 6.45) is -0.0288. The molecule has 1 aromatic carbocycles. The Morgan fingerprint density at radius 3 is 2.89 bits per heavy atom. The lowest BCUT2D eigenvalue weighted by Crippen LogP contribution is -2.15. The van der Waals surface area contributed by atoms with Crippen molar-refractivity contribution in [1.29, 1.82) is 0 Å². The number of methoxy groups -OCH3 is 1. The average molecular weight is 283 g/mol. The molecule has 19 heavy (non-hydrogen) atoms. The Labute approximate surface area is 113 Å². The van der Waals surface area contributed by atoms with Crippen molar-refractivity contribution in [2.45, 2.75) is 6.42 Å². The molecule has 1 amide bonds. The second kappa shape index (κ2) is 5.57. The number of nitrogens with two attached hydrogens (primary N) is 1. The molecule has 1 heterocycles. The molecular formula is C11H11ClN4O3. The molecule has 0 bridgehead atoms. The van der Waals surface area contributed by atoms with E-state index < -0.39 is 0 Å². The maximum atomic E-state index is 11.7. The normalized spacial score (nSPS) is 10.2. The van der Waals surface area contributed by atoms with Gasteiger partial charge in [-0.15, -0.1) is 0 Å². The van der Waals surface area contributed by atoms with Crippen LogP contribution < -0.4 is 15.8 Å². The molecule has 1 aromatic heterocycles. The minimum atomic E-state index is -0.302. The Morgan fingerprint density at radius 1 is 1.53 bits per heavy atom. The number of hydrogen-bond acceptors (Lipinski definition) is 6. The SMILES string of the molecule is COc1ccc(NC(=O)Cc2nonc2N)cc1Cl. The molecule has 0 spiro atoms. The number of halogens is 1. The summed E-state index contributed by atoms with van der Waals surface area (Å²) >= 11 is 5.95. The summed E-state index contributed by atoms with van der Waals surface area (Å²) < 4.78 is 9.42. The van der Waals surface area contributed by atoms with Crippen molar-refractivity contribution in [3.8, 4) is 5.75 Å². The lowest BCUT2D eigenvalue weighted by atomic mass is 10.2. The fourth-order valence-corrected chi connectivity index (χ4v) is 1.70. The lowest BCUT2D eigenvalue weighted by Gasteiger charge is -2.07. The van der Waals surface area contributed by atoms with E-state index in [2.05, 4.69) is 20.3 Å². The first-order valence-electron chi connectivity index (χ1n) is 5.30. The van der Waals surface area contributed by atoms with Crippen LogP contribution in [-0.2, 0) is 11.2 Å². The summed E-state index contributed by atoms with van der Waals surface area (Å²) in [4.78, 5) is 11.7. The molecule has 0 fully saturated rings. The standard InChI is InChI=1S/C11H11ClN4O3/c1-18-9-3-2-6(4-7(9)12)14-10(17)5-8-11(13)16-19-15-8/h2-4H,5H2,1H3,(H2,13,16)(H,14,17). The van der Waals surface area contributed by atoms with Crippen LogP contribution in [0.4, 0.5) is 11.5 Å². The van der Waals surface area contributed by atoms with Crippen LogP contribution in [0.5, 0.6) is 5.75 Å². The molecule has 0 atom stereocenters. The number of amides is 1. The highest BCUT2D eigenvalue weighted by Gasteiger charge is 2.12. The van der Waals surface area contributed by atoms with Gasteiger partial charge < -0.3 is 15.8 Å². The van der Waals surface area contributed by atoms with Crippen LogP contribution in [0.1, 0.15) is 5.69 Å². The summed E-state index contributed by atoms with van der Waals surface area (Å²) in [5.41, 5.74) is 6.30. The predicted octanol–water partition coefficient (Wildman–Crippen LogP) is 1.49. The second-order valence-corrected chi connectivity index (χ2v) is 4.08. The molecule has 8 heteroatoms. The van der Waals surface area contributed by atoms with Gasteiger partial charge in [0.05, 0.1) is 18.6 Å². The van der Waals surface area contributed by atoms with Gasteiger partial charge in [-0.3, -0.25) is 4.79 Å². The van der Waals surface area contributed by atoms with Gasteiger partial charge in [-0.2, -0.15) is 0 Å². The molecule has 2 aromatic rings. The molecule has 0 saturated heterocycles. The van der Waals surface area contributed by atoms with E-state index in [4.69, 9.17) is 22.1 Å². The number of nitrogens with zero attached hydrogens (tertiary/aromatic N) is 2. The fraction of sp³-hybridized carbons (Fsp3) is 0.182. The van der Waals surface area contributed by atoms with Crippen LogP contribution in [0.3, 0.4) is 0 Å². The Bertz CT molecular complexity index is 599. The van der Waals surface area contributed by atoms with E-state index in [1.807, 2.05) is 0 Å². The molecular weight excluding hydrogens is 272 g/mol. The highest BCUT2D eigenvalue weighted by atomic mass is 35.5. The zero-order chi connectivity index (χ0) is 13.8. The van der Waals surface area contributed by atoms with Crippen molar-refractivity contribution in [2.24, 2.45) is 0 Å². The zero-order valence-electron chi connectivity index (χ0n) is 10.0. The van der Waals surface area contributed by atoms with E-state index in [0.29, 0.717) is 16.5 Å². The second-order valence-electron chi connectivity index (χ2n) is 3.67. The molecule has 2 rings (SSSR count). The van der Waals surface area contributed by atoms with Crippen LogP contribution in [0, 0.1) is 0 Å². The third-order valence-corrected chi connectivity index (χ3v) is 2.64. The quantitative estimate of drug-likeness (QED) is 0.880. The molecule has 0 aliphatic heterocycles. The largest absolute Gasteiger partial charge is 0.495 e. The number of hydrogen-bond donors (Lipinski definition) is 2. The Balaban J connectivity index is 2.03. The third kappa shape index (κ3) is 3.14. The van der Waals surface area contributed by atoms with Gasteiger partial charge in [0.15, 0.2) is 5.82 Å². The van der Waals surface area contributed by atoms with Crippen molar-refractivity contribution in [3.05, 3.63) is 28.9 Å². The number of carbonyl (C=O) groups excluding carboxylic acids is 1. The maximum absolute atomic E-state index is 11.7. The molecule has 0 aliphatic rings. The Kier molecular flexibility index (Phi) is 3.86. The monoisotopic (exact) mass is 282 g/mol. The fourth-order valence-electron chi connectivity index (χ4n) is 1.44. The van der Waals surface area contributed by atoms with Crippen molar-refractivity contribution >= 4 is 29.0 Å². The smallest absolute Gasteiger partial charge is 0.230 e. The van der Waals surface area contributed by atoms with Gasteiger partial charge in [0.2, 0.25) is 5.91 Å². The summed E-state index contributed by atoms with van der Waals surface area (Å²) in [5, 5.41) is 9.97. The van der Waals surface area contributed by atoms with Crippen molar-refractivity contribution < 1.29 is 14.2 Å². The van der Waals surface area contributed by atoms with E-state index >= 15 is 0 Å². The van der Waals surface area contributed by atoms with E-state index in [-0.39, 0.29) is 23.8 Å².